The average molecular weight is 351 g/mol. The number of aliphatic hydroxyl groups excluding tert-OH is 1. The molecule has 2 heteroatoms. The third kappa shape index (κ3) is 13.9. The number of hydrogen-bond donors (Lipinski definition) is 2. The van der Waals surface area contributed by atoms with Crippen molar-refractivity contribution in [2.75, 3.05) is 6.61 Å². The smallest absolute Gasteiger partial charge is 0.118 e. The minimum Gasteiger partial charge on any atom is -0.508 e. The largest absolute Gasteiger partial charge is 0.508 e. The zero-order valence-corrected chi connectivity index (χ0v) is 17.0. The lowest BCUT2D eigenvalue weighted by Gasteiger charge is -2.08. The minimum absolute atomic E-state index is 0.372. The highest BCUT2D eigenvalue weighted by Crippen LogP contribution is 2.18. The van der Waals surface area contributed by atoms with Gasteiger partial charge >= 0.3 is 0 Å². The second-order valence-corrected chi connectivity index (χ2v) is 7.10. The van der Waals surface area contributed by atoms with Gasteiger partial charge in [-0.25, -0.2) is 0 Å². The molecule has 2 N–H and O–H groups in total. The van der Waals surface area contributed by atoms with Gasteiger partial charge in [-0.2, -0.15) is 0 Å². The van der Waals surface area contributed by atoms with E-state index in [2.05, 4.69) is 20.8 Å². The van der Waals surface area contributed by atoms with Gasteiger partial charge in [0.1, 0.15) is 5.75 Å². The lowest BCUT2D eigenvalue weighted by Crippen LogP contribution is -2.03. The summed E-state index contributed by atoms with van der Waals surface area (Å²) in [7, 11) is 0. The van der Waals surface area contributed by atoms with Crippen molar-refractivity contribution >= 4 is 0 Å². The topological polar surface area (TPSA) is 40.5 Å². The SMILES string of the molecule is CCCCC(CC)CO.CCCCCCCCCc1ccccc1O. The van der Waals surface area contributed by atoms with Crippen LogP contribution in [0.2, 0.25) is 0 Å². The molecule has 0 amide bonds. The maximum Gasteiger partial charge on any atom is 0.118 e. The summed E-state index contributed by atoms with van der Waals surface area (Å²) in [5.41, 5.74) is 1.09. The number of aliphatic hydroxyl groups is 1. The molecule has 0 aliphatic rings. The lowest BCUT2D eigenvalue weighted by atomic mass is 10.0. The van der Waals surface area contributed by atoms with Crippen molar-refractivity contribution in [1.82, 2.24) is 0 Å². The molecule has 0 bridgehead atoms. The van der Waals surface area contributed by atoms with Crippen LogP contribution in [-0.4, -0.2) is 16.8 Å². The van der Waals surface area contributed by atoms with E-state index in [1.165, 1.54) is 64.2 Å². The molecular weight excluding hydrogens is 308 g/mol. The van der Waals surface area contributed by atoms with Crippen molar-refractivity contribution in [1.29, 1.82) is 0 Å². The number of para-hydroxylation sites is 1. The second-order valence-electron chi connectivity index (χ2n) is 7.10. The Hall–Kier alpha value is -1.02. The Morgan fingerprint density at radius 1 is 0.800 bits per heavy atom. The summed E-state index contributed by atoms with van der Waals surface area (Å²) in [5.74, 6) is 1.01. The van der Waals surface area contributed by atoms with Crippen LogP contribution in [0.25, 0.3) is 0 Å². The Bertz CT molecular complexity index is 385. The Balaban J connectivity index is 0.000000547. The first kappa shape index (κ1) is 24.0. The van der Waals surface area contributed by atoms with Gasteiger partial charge in [-0.3, -0.25) is 0 Å². The van der Waals surface area contributed by atoms with Gasteiger partial charge in [0.15, 0.2) is 0 Å². The van der Waals surface area contributed by atoms with E-state index in [9.17, 15) is 5.11 Å². The quantitative estimate of drug-likeness (QED) is 0.381. The molecule has 0 aromatic heterocycles. The fraction of sp³-hybridized carbons (Fsp3) is 0.739. The molecule has 0 spiro atoms. The van der Waals surface area contributed by atoms with E-state index in [1.807, 2.05) is 18.2 Å². The second kappa shape index (κ2) is 17.8. The lowest BCUT2D eigenvalue weighted by molar-refractivity contribution is 0.212. The molecular formula is C23H42O2. The summed E-state index contributed by atoms with van der Waals surface area (Å²) in [5, 5.41) is 18.3. The predicted octanol–water partition coefficient (Wildman–Crippen LogP) is 6.88. The van der Waals surface area contributed by atoms with Crippen LogP contribution in [0.4, 0.5) is 0 Å². The molecule has 1 aromatic rings. The van der Waals surface area contributed by atoms with E-state index in [1.54, 1.807) is 6.07 Å². The molecule has 0 radical (unpaired) electrons. The van der Waals surface area contributed by atoms with Crippen molar-refractivity contribution in [2.45, 2.75) is 97.8 Å². The predicted molar refractivity (Wildman–Crippen MR) is 110 cm³/mol. The van der Waals surface area contributed by atoms with Crippen LogP contribution in [0.1, 0.15) is 97.0 Å². The normalized spacial score (nSPS) is 11.7. The summed E-state index contributed by atoms with van der Waals surface area (Å²) in [6.45, 7) is 6.94. The Kier molecular flexibility index (Phi) is 17.1. The van der Waals surface area contributed by atoms with Crippen molar-refractivity contribution in [3.63, 3.8) is 0 Å². The summed E-state index contributed by atoms with van der Waals surface area (Å²) >= 11 is 0. The third-order valence-electron chi connectivity index (χ3n) is 4.84. The highest BCUT2D eigenvalue weighted by atomic mass is 16.3. The summed E-state index contributed by atoms with van der Waals surface area (Å²) in [4.78, 5) is 0. The molecule has 146 valence electrons. The monoisotopic (exact) mass is 350 g/mol. The molecule has 25 heavy (non-hydrogen) atoms. The molecule has 0 saturated carbocycles. The van der Waals surface area contributed by atoms with Crippen LogP contribution in [0.5, 0.6) is 5.75 Å². The first-order valence-electron chi connectivity index (χ1n) is 10.6. The third-order valence-corrected chi connectivity index (χ3v) is 4.84. The molecule has 0 aliphatic carbocycles. The van der Waals surface area contributed by atoms with E-state index in [-0.39, 0.29) is 0 Å². The number of hydrogen-bond acceptors (Lipinski definition) is 2. The van der Waals surface area contributed by atoms with Gasteiger partial charge in [0.2, 0.25) is 0 Å². The minimum atomic E-state index is 0.372. The molecule has 0 fully saturated rings. The molecule has 1 atom stereocenters. The van der Waals surface area contributed by atoms with E-state index >= 15 is 0 Å². The summed E-state index contributed by atoms with van der Waals surface area (Å²) in [6, 6.07) is 7.67. The Morgan fingerprint density at radius 2 is 1.40 bits per heavy atom. The van der Waals surface area contributed by atoms with Gasteiger partial charge < -0.3 is 10.2 Å². The Morgan fingerprint density at radius 3 is 1.96 bits per heavy atom. The molecule has 1 aromatic carbocycles. The van der Waals surface area contributed by atoms with E-state index in [4.69, 9.17) is 5.11 Å². The standard InChI is InChI=1S/C15H24O.C8H18O/c1-2-3-4-5-6-7-8-11-14-12-9-10-13-15(14)16;1-3-5-6-8(4-2)7-9/h9-10,12-13,16H,2-8,11H2,1H3;8-9H,3-7H2,1-2H3. The maximum absolute atomic E-state index is 9.58. The molecule has 1 unspecified atom stereocenters. The fourth-order valence-electron chi connectivity index (χ4n) is 2.91. The molecule has 0 aliphatic heterocycles. The number of aryl methyl sites for hydroxylation is 1. The molecule has 0 saturated heterocycles. The van der Waals surface area contributed by atoms with Crippen LogP contribution < -0.4 is 0 Å². The van der Waals surface area contributed by atoms with Gasteiger partial charge in [-0.1, -0.05) is 96.8 Å². The van der Waals surface area contributed by atoms with Crippen molar-refractivity contribution in [3.8, 4) is 5.75 Å². The molecule has 0 heterocycles. The van der Waals surface area contributed by atoms with Crippen LogP contribution >= 0.6 is 0 Å². The average Bonchev–Trinajstić information content (AvgIpc) is 2.64. The van der Waals surface area contributed by atoms with Crippen molar-refractivity contribution in [2.24, 2.45) is 5.92 Å². The number of phenols is 1. The Labute approximate surface area is 156 Å². The summed E-state index contributed by atoms with van der Waals surface area (Å²) < 4.78 is 0. The number of unbranched alkanes of at least 4 members (excludes halogenated alkanes) is 7. The van der Waals surface area contributed by atoms with Gasteiger partial charge in [-0.15, -0.1) is 0 Å². The van der Waals surface area contributed by atoms with Crippen molar-refractivity contribution in [3.05, 3.63) is 29.8 Å². The molecule has 2 nitrogen and oxygen atoms in total. The number of aromatic hydroxyl groups is 1. The van der Waals surface area contributed by atoms with E-state index in [0.29, 0.717) is 18.3 Å². The van der Waals surface area contributed by atoms with Gasteiger partial charge in [0.05, 0.1) is 0 Å². The maximum atomic E-state index is 9.58. The van der Waals surface area contributed by atoms with Crippen LogP contribution in [0, 0.1) is 5.92 Å². The number of rotatable bonds is 13. The van der Waals surface area contributed by atoms with Gasteiger partial charge in [0.25, 0.3) is 0 Å². The zero-order valence-electron chi connectivity index (χ0n) is 17.0. The fourth-order valence-corrected chi connectivity index (χ4v) is 2.91. The molecule has 1 rings (SSSR count). The highest BCUT2D eigenvalue weighted by Gasteiger charge is 2.01. The van der Waals surface area contributed by atoms with Gasteiger partial charge in [-0.05, 0) is 36.8 Å². The van der Waals surface area contributed by atoms with Crippen LogP contribution in [-0.2, 0) is 6.42 Å². The van der Waals surface area contributed by atoms with E-state index < -0.39 is 0 Å². The highest BCUT2D eigenvalue weighted by molar-refractivity contribution is 5.31. The number of benzene rings is 1. The first-order chi connectivity index (χ1) is 12.2. The van der Waals surface area contributed by atoms with E-state index in [0.717, 1.165) is 18.4 Å². The van der Waals surface area contributed by atoms with Crippen molar-refractivity contribution < 1.29 is 10.2 Å². The van der Waals surface area contributed by atoms with Crippen LogP contribution in [0.3, 0.4) is 0 Å². The first-order valence-corrected chi connectivity index (χ1v) is 10.6. The van der Waals surface area contributed by atoms with Gasteiger partial charge in [0, 0.05) is 6.61 Å². The number of phenolic OH excluding ortho intramolecular Hbond substituents is 1. The van der Waals surface area contributed by atoms with Crippen LogP contribution in [0.15, 0.2) is 24.3 Å². The summed E-state index contributed by atoms with van der Waals surface area (Å²) in [6.07, 6.45) is 15.1. The zero-order chi connectivity index (χ0) is 18.8.